The van der Waals surface area contributed by atoms with Crippen molar-refractivity contribution in [2.75, 3.05) is 57.0 Å². The number of halogens is 3. The van der Waals surface area contributed by atoms with E-state index in [2.05, 4.69) is 15.3 Å². The van der Waals surface area contributed by atoms with Crippen molar-refractivity contribution in [2.24, 2.45) is 0 Å². The molecule has 0 unspecified atom stereocenters. The monoisotopic (exact) mass is 456 g/mol. The third kappa shape index (κ3) is 6.09. The number of hydrogen-bond donors (Lipinski definition) is 1. The molecule has 2 aromatic rings. The van der Waals surface area contributed by atoms with Gasteiger partial charge in [0.1, 0.15) is 11.0 Å². The molecule has 0 bridgehead atoms. The van der Waals surface area contributed by atoms with Gasteiger partial charge in [-0.15, -0.1) is 0 Å². The van der Waals surface area contributed by atoms with Crippen LogP contribution in [0.3, 0.4) is 0 Å². The Morgan fingerprint density at radius 2 is 1.83 bits per heavy atom. The van der Waals surface area contributed by atoms with E-state index in [1.807, 2.05) is 34.9 Å². The summed E-state index contributed by atoms with van der Waals surface area (Å²) in [7, 11) is 3.78. The molecule has 0 radical (unpaired) electrons. The molecule has 0 saturated carbocycles. The van der Waals surface area contributed by atoms with Gasteiger partial charge in [-0.2, -0.15) is 4.98 Å². The highest BCUT2D eigenvalue weighted by molar-refractivity contribution is 6.35. The molecule has 10 heteroatoms. The molecule has 0 spiro atoms. The molecule has 0 atom stereocenters. The quantitative estimate of drug-likeness (QED) is 0.672. The molecular weight excluding hydrogens is 435 g/mol. The molecule has 1 aliphatic rings. The zero-order valence-corrected chi connectivity index (χ0v) is 18.6. The van der Waals surface area contributed by atoms with Crippen molar-refractivity contribution in [1.82, 2.24) is 19.8 Å². The number of nitrogens with one attached hydrogen (secondary N) is 1. The number of carbonyl (C=O) groups is 1. The molecule has 0 aliphatic carbocycles. The smallest absolute Gasteiger partial charge is 0.236 e. The minimum absolute atomic E-state index is 0.129. The van der Waals surface area contributed by atoms with Gasteiger partial charge in [-0.3, -0.25) is 4.79 Å². The summed E-state index contributed by atoms with van der Waals surface area (Å²) in [5, 5.41) is 4.76. The molecule has 7 nitrogen and oxygen atoms in total. The predicted molar refractivity (Wildman–Crippen MR) is 118 cm³/mol. The van der Waals surface area contributed by atoms with Gasteiger partial charge in [0.25, 0.3) is 0 Å². The summed E-state index contributed by atoms with van der Waals surface area (Å²) in [6, 6.07) is 7.03. The third-order valence-electron chi connectivity index (χ3n) is 4.52. The van der Waals surface area contributed by atoms with Gasteiger partial charge in [-0.1, -0.05) is 40.9 Å². The van der Waals surface area contributed by atoms with Crippen LogP contribution in [0.15, 0.2) is 24.3 Å². The first-order chi connectivity index (χ1) is 13.8. The van der Waals surface area contributed by atoms with Gasteiger partial charge in [0, 0.05) is 48.8 Å². The lowest BCUT2D eigenvalue weighted by Gasteiger charge is -2.35. The average Bonchev–Trinajstić information content (AvgIpc) is 2.66. The highest BCUT2D eigenvalue weighted by atomic mass is 35.5. The fourth-order valence-electron chi connectivity index (χ4n) is 3.01. The first-order valence-electron chi connectivity index (χ1n) is 9.21. The van der Waals surface area contributed by atoms with Gasteiger partial charge in [-0.05, 0) is 31.8 Å². The van der Waals surface area contributed by atoms with Crippen molar-refractivity contribution in [1.29, 1.82) is 0 Å². The Bertz CT molecular complexity index is 871. The number of benzene rings is 1. The summed E-state index contributed by atoms with van der Waals surface area (Å²) in [6.07, 6.45) is 0. The number of likely N-dealkylation sites (N-methyl/N-ethyl adjacent to an activating group) is 1. The van der Waals surface area contributed by atoms with Crippen LogP contribution in [0, 0.1) is 0 Å². The first-order valence-corrected chi connectivity index (χ1v) is 10.3. The number of piperazine rings is 1. The Kier molecular flexibility index (Phi) is 7.40. The normalized spacial score (nSPS) is 14.4. The van der Waals surface area contributed by atoms with Crippen LogP contribution in [0.2, 0.25) is 15.2 Å². The number of carbonyl (C=O) groups excluding carboxylic acids is 1. The van der Waals surface area contributed by atoms with E-state index >= 15 is 0 Å². The number of rotatable bonds is 6. The second kappa shape index (κ2) is 9.80. The average molecular weight is 458 g/mol. The molecule has 1 amide bonds. The SMILES string of the molecule is CN(C)CC(=O)N1CCN(c2nc(Cl)cc(NCc3ccc(Cl)cc3Cl)n2)CC1. The molecule has 156 valence electrons. The first kappa shape index (κ1) is 21.9. The lowest BCUT2D eigenvalue weighted by Crippen LogP contribution is -2.51. The Morgan fingerprint density at radius 3 is 2.48 bits per heavy atom. The summed E-state index contributed by atoms with van der Waals surface area (Å²) < 4.78 is 0. The summed E-state index contributed by atoms with van der Waals surface area (Å²) in [6.45, 7) is 3.46. The molecule has 3 rings (SSSR count). The van der Waals surface area contributed by atoms with E-state index in [1.54, 1.807) is 18.2 Å². The van der Waals surface area contributed by atoms with Crippen molar-refractivity contribution in [3.05, 3.63) is 45.0 Å². The number of amides is 1. The third-order valence-corrected chi connectivity index (χ3v) is 5.31. The van der Waals surface area contributed by atoms with Gasteiger partial charge in [0.15, 0.2) is 0 Å². The minimum atomic E-state index is 0.129. The maximum Gasteiger partial charge on any atom is 0.236 e. The van der Waals surface area contributed by atoms with Crippen molar-refractivity contribution in [2.45, 2.75) is 6.54 Å². The summed E-state index contributed by atoms with van der Waals surface area (Å²) >= 11 is 18.4. The van der Waals surface area contributed by atoms with Crippen LogP contribution >= 0.6 is 34.8 Å². The highest BCUT2D eigenvalue weighted by Crippen LogP contribution is 2.23. The van der Waals surface area contributed by atoms with Gasteiger partial charge in [0.2, 0.25) is 11.9 Å². The van der Waals surface area contributed by atoms with E-state index in [4.69, 9.17) is 34.8 Å². The van der Waals surface area contributed by atoms with E-state index < -0.39 is 0 Å². The Hall–Kier alpha value is -1.80. The molecule has 1 fully saturated rings. The number of hydrogen-bond acceptors (Lipinski definition) is 6. The van der Waals surface area contributed by atoms with Crippen molar-refractivity contribution >= 4 is 52.5 Å². The molecule has 1 saturated heterocycles. The standard InChI is InChI=1S/C19H23Cl3N6O/c1-26(2)12-18(29)27-5-7-28(8-6-27)19-24-16(22)10-17(25-19)23-11-13-3-4-14(20)9-15(13)21/h3-4,9-10H,5-8,11-12H2,1-2H3,(H,23,24,25). The van der Waals surface area contributed by atoms with Gasteiger partial charge < -0.3 is 20.0 Å². The fourth-order valence-corrected chi connectivity index (χ4v) is 3.67. The van der Waals surface area contributed by atoms with Crippen LogP contribution in [-0.4, -0.2) is 72.5 Å². The zero-order valence-electron chi connectivity index (χ0n) is 16.3. The van der Waals surface area contributed by atoms with Crippen molar-refractivity contribution in [3.8, 4) is 0 Å². The second-order valence-electron chi connectivity index (χ2n) is 7.07. The molecular formula is C19H23Cl3N6O. The van der Waals surface area contributed by atoms with Crippen molar-refractivity contribution in [3.63, 3.8) is 0 Å². The number of anilines is 2. The zero-order chi connectivity index (χ0) is 21.0. The number of aromatic nitrogens is 2. The largest absolute Gasteiger partial charge is 0.366 e. The Labute approximate surface area is 185 Å². The molecule has 1 aromatic carbocycles. The van der Waals surface area contributed by atoms with E-state index in [0.29, 0.717) is 66.2 Å². The Balaban J connectivity index is 1.63. The molecule has 1 aromatic heterocycles. The van der Waals surface area contributed by atoms with Crippen molar-refractivity contribution < 1.29 is 4.79 Å². The van der Waals surface area contributed by atoms with E-state index in [-0.39, 0.29) is 5.91 Å². The second-order valence-corrected chi connectivity index (χ2v) is 8.30. The lowest BCUT2D eigenvalue weighted by molar-refractivity contribution is -0.132. The van der Waals surface area contributed by atoms with E-state index in [9.17, 15) is 4.79 Å². The van der Waals surface area contributed by atoms with Crippen LogP contribution in [0.5, 0.6) is 0 Å². The summed E-state index contributed by atoms with van der Waals surface area (Å²) in [5.41, 5.74) is 0.903. The maximum absolute atomic E-state index is 12.2. The van der Waals surface area contributed by atoms with Gasteiger partial charge in [-0.25, -0.2) is 4.98 Å². The summed E-state index contributed by atoms with van der Waals surface area (Å²) in [5.74, 6) is 1.28. The van der Waals surface area contributed by atoms with Crippen LogP contribution in [0.1, 0.15) is 5.56 Å². The van der Waals surface area contributed by atoms with Crippen LogP contribution < -0.4 is 10.2 Å². The van der Waals surface area contributed by atoms with Crippen LogP contribution in [-0.2, 0) is 11.3 Å². The minimum Gasteiger partial charge on any atom is -0.366 e. The summed E-state index contributed by atoms with van der Waals surface area (Å²) in [4.78, 5) is 26.9. The fraction of sp³-hybridized carbons (Fsp3) is 0.421. The predicted octanol–water partition coefficient (Wildman–Crippen LogP) is 3.26. The number of nitrogens with zero attached hydrogens (tertiary/aromatic N) is 5. The van der Waals surface area contributed by atoms with Gasteiger partial charge in [0.05, 0.1) is 6.54 Å². The lowest BCUT2D eigenvalue weighted by atomic mass is 10.2. The molecule has 1 aliphatic heterocycles. The van der Waals surface area contributed by atoms with E-state index in [1.165, 1.54) is 0 Å². The molecule has 1 N–H and O–H groups in total. The Morgan fingerprint density at radius 1 is 1.10 bits per heavy atom. The topological polar surface area (TPSA) is 64.6 Å². The van der Waals surface area contributed by atoms with Gasteiger partial charge >= 0.3 is 0 Å². The maximum atomic E-state index is 12.2. The highest BCUT2D eigenvalue weighted by Gasteiger charge is 2.23. The van der Waals surface area contributed by atoms with Crippen LogP contribution in [0.4, 0.5) is 11.8 Å². The van der Waals surface area contributed by atoms with E-state index in [0.717, 1.165) is 5.56 Å². The van der Waals surface area contributed by atoms with Crippen LogP contribution in [0.25, 0.3) is 0 Å². The molecule has 29 heavy (non-hydrogen) atoms. The molecule has 2 heterocycles.